The lowest BCUT2D eigenvalue weighted by Gasteiger charge is -2.10. The summed E-state index contributed by atoms with van der Waals surface area (Å²) >= 11 is 0. The van der Waals surface area contributed by atoms with Crippen molar-refractivity contribution < 1.29 is 14.1 Å². The van der Waals surface area contributed by atoms with E-state index < -0.39 is 16.2 Å². The van der Waals surface area contributed by atoms with E-state index >= 15 is 0 Å². The van der Waals surface area contributed by atoms with E-state index in [9.17, 15) is 19.3 Å². The zero-order valence-corrected chi connectivity index (χ0v) is 9.40. The largest absolute Gasteiger partial charge is 0.299 e. The van der Waals surface area contributed by atoms with Gasteiger partial charge in [0.2, 0.25) is 0 Å². The van der Waals surface area contributed by atoms with E-state index in [1.165, 1.54) is 19.1 Å². The van der Waals surface area contributed by atoms with E-state index in [4.69, 9.17) is 0 Å². The second kappa shape index (κ2) is 3.91. The van der Waals surface area contributed by atoms with Crippen LogP contribution >= 0.6 is 0 Å². The van der Waals surface area contributed by atoms with Gasteiger partial charge in [0.05, 0.1) is 11.0 Å². The van der Waals surface area contributed by atoms with Crippen molar-refractivity contribution in [3.05, 3.63) is 39.7 Å². The van der Waals surface area contributed by atoms with Crippen molar-refractivity contribution in [3.63, 3.8) is 0 Å². The molecular formula is C12H12FNO3. The molecule has 1 saturated carbocycles. The predicted octanol–water partition coefficient (Wildman–Crippen LogP) is 2.65. The minimum Gasteiger partial charge on any atom is -0.299 e. The first-order chi connectivity index (χ1) is 7.93. The number of carbonyl (C=O) groups is 1. The maximum Gasteiger partial charge on any atom is 0.272 e. The minimum atomic E-state index is -0.631. The number of hydrogen-bond acceptors (Lipinski definition) is 3. The molecule has 0 aromatic heterocycles. The molecule has 17 heavy (non-hydrogen) atoms. The number of nitro benzene ring substituents is 1. The number of carbonyl (C=O) groups excluding carboxylic acids is 1. The fourth-order valence-electron chi connectivity index (χ4n) is 2.04. The number of benzene rings is 1. The van der Waals surface area contributed by atoms with Crippen LogP contribution < -0.4 is 0 Å². The molecule has 0 spiro atoms. The first-order valence-corrected chi connectivity index (χ1v) is 5.38. The summed E-state index contributed by atoms with van der Waals surface area (Å²) < 4.78 is 13.2. The van der Waals surface area contributed by atoms with Gasteiger partial charge in [-0.3, -0.25) is 14.9 Å². The number of nitro groups is 1. The Morgan fingerprint density at radius 1 is 1.47 bits per heavy atom. The first kappa shape index (κ1) is 11.7. The summed E-state index contributed by atoms with van der Waals surface area (Å²) in [6.45, 7) is 1.51. The van der Waals surface area contributed by atoms with Crippen molar-refractivity contribution in [1.29, 1.82) is 0 Å². The summed E-state index contributed by atoms with van der Waals surface area (Å²) in [7, 11) is 0. The SMILES string of the molecule is CC(=O)C1(Cc2cc(F)cc([N+](=O)[O-])c2)CC1. The molecule has 0 aliphatic heterocycles. The Bertz CT molecular complexity index is 495. The molecular weight excluding hydrogens is 225 g/mol. The lowest BCUT2D eigenvalue weighted by molar-refractivity contribution is -0.385. The highest BCUT2D eigenvalue weighted by atomic mass is 19.1. The van der Waals surface area contributed by atoms with Crippen LogP contribution in [0.2, 0.25) is 0 Å². The monoisotopic (exact) mass is 237 g/mol. The van der Waals surface area contributed by atoms with Crippen LogP contribution in [0, 0.1) is 21.3 Å². The summed E-state index contributed by atoms with van der Waals surface area (Å²) in [6, 6.07) is 3.49. The average molecular weight is 237 g/mol. The van der Waals surface area contributed by atoms with Crippen molar-refractivity contribution in [1.82, 2.24) is 0 Å². The van der Waals surface area contributed by atoms with E-state index in [1.807, 2.05) is 0 Å². The maximum atomic E-state index is 13.2. The predicted molar refractivity (Wildman–Crippen MR) is 59.1 cm³/mol. The Hall–Kier alpha value is -1.78. The quantitative estimate of drug-likeness (QED) is 0.597. The normalized spacial score (nSPS) is 16.6. The van der Waals surface area contributed by atoms with Gasteiger partial charge in [0, 0.05) is 11.5 Å². The highest BCUT2D eigenvalue weighted by molar-refractivity contribution is 5.85. The van der Waals surface area contributed by atoms with Gasteiger partial charge in [0.25, 0.3) is 5.69 Å². The first-order valence-electron chi connectivity index (χ1n) is 5.38. The Morgan fingerprint density at radius 2 is 2.12 bits per heavy atom. The van der Waals surface area contributed by atoms with Gasteiger partial charge in [-0.25, -0.2) is 4.39 Å². The second-order valence-electron chi connectivity index (χ2n) is 4.59. The lowest BCUT2D eigenvalue weighted by atomic mass is 9.92. The molecule has 4 nitrogen and oxygen atoms in total. The molecule has 1 aromatic rings. The number of non-ortho nitro benzene ring substituents is 1. The molecule has 0 bridgehead atoms. The van der Waals surface area contributed by atoms with Gasteiger partial charge in [0.1, 0.15) is 11.6 Å². The van der Waals surface area contributed by atoms with Crippen LogP contribution in [0.5, 0.6) is 0 Å². The number of rotatable bonds is 4. The number of ketones is 1. The molecule has 0 unspecified atom stereocenters. The summed E-state index contributed by atoms with van der Waals surface area (Å²) in [5.74, 6) is -0.557. The van der Waals surface area contributed by atoms with Crippen LogP contribution in [0.4, 0.5) is 10.1 Å². The molecule has 90 valence electrons. The summed E-state index contributed by atoms with van der Waals surface area (Å²) in [4.78, 5) is 21.4. The van der Waals surface area contributed by atoms with Crippen LogP contribution in [0.25, 0.3) is 0 Å². The molecule has 0 saturated heterocycles. The minimum absolute atomic E-state index is 0.0735. The molecule has 5 heteroatoms. The highest BCUT2D eigenvalue weighted by Gasteiger charge is 2.47. The van der Waals surface area contributed by atoms with E-state index in [2.05, 4.69) is 0 Å². The third kappa shape index (κ3) is 2.33. The number of Topliss-reactive ketones (excluding diaryl/α,β-unsaturated/α-hetero) is 1. The van der Waals surface area contributed by atoms with Gasteiger partial charge in [-0.2, -0.15) is 0 Å². The average Bonchev–Trinajstić information content (AvgIpc) is 2.97. The van der Waals surface area contributed by atoms with Crippen molar-refractivity contribution in [2.45, 2.75) is 26.2 Å². The second-order valence-corrected chi connectivity index (χ2v) is 4.59. The number of hydrogen-bond donors (Lipinski definition) is 0. The molecule has 2 rings (SSSR count). The van der Waals surface area contributed by atoms with Crippen LogP contribution in [-0.2, 0) is 11.2 Å². The Kier molecular flexibility index (Phi) is 2.69. The Balaban J connectivity index is 2.27. The van der Waals surface area contributed by atoms with Crippen LogP contribution in [0.15, 0.2) is 18.2 Å². The summed E-state index contributed by atoms with van der Waals surface area (Å²) in [6.07, 6.45) is 1.96. The van der Waals surface area contributed by atoms with Gasteiger partial charge in [-0.05, 0) is 37.8 Å². The fraction of sp³-hybridized carbons (Fsp3) is 0.417. The fourth-order valence-corrected chi connectivity index (χ4v) is 2.04. The smallest absolute Gasteiger partial charge is 0.272 e. The molecule has 0 heterocycles. The molecule has 0 amide bonds. The molecule has 0 N–H and O–H groups in total. The zero-order valence-electron chi connectivity index (χ0n) is 9.40. The Morgan fingerprint density at radius 3 is 2.59 bits per heavy atom. The Labute approximate surface area is 97.6 Å². The van der Waals surface area contributed by atoms with Gasteiger partial charge in [0.15, 0.2) is 0 Å². The topological polar surface area (TPSA) is 60.2 Å². The third-order valence-corrected chi connectivity index (χ3v) is 3.30. The van der Waals surface area contributed by atoms with Crippen LogP contribution in [0.1, 0.15) is 25.3 Å². The van der Waals surface area contributed by atoms with E-state index in [0.29, 0.717) is 12.0 Å². The van der Waals surface area contributed by atoms with Crippen molar-refractivity contribution in [3.8, 4) is 0 Å². The van der Waals surface area contributed by atoms with Gasteiger partial charge >= 0.3 is 0 Å². The lowest BCUT2D eigenvalue weighted by Crippen LogP contribution is -2.15. The van der Waals surface area contributed by atoms with Crippen LogP contribution in [-0.4, -0.2) is 10.7 Å². The zero-order chi connectivity index (χ0) is 12.6. The number of halogens is 1. The van der Waals surface area contributed by atoms with Gasteiger partial charge in [-0.1, -0.05) is 0 Å². The van der Waals surface area contributed by atoms with Crippen molar-refractivity contribution in [2.24, 2.45) is 5.41 Å². The van der Waals surface area contributed by atoms with Gasteiger partial charge < -0.3 is 0 Å². The van der Waals surface area contributed by atoms with Crippen molar-refractivity contribution >= 4 is 11.5 Å². The standard InChI is InChI=1S/C12H12FNO3/c1-8(15)12(2-3-12)7-9-4-10(13)6-11(5-9)14(16)17/h4-6H,2-3,7H2,1H3. The van der Waals surface area contributed by atoms with E-state index in [1.54, 1.807) is 0 Å². The third-order valence-electron chi connectivity index (χ3n) is 3.30. The highest BCUT2D eigenvalue weighted by Crippen LogP contribution is 2.49. The van der Waals surface area contributed by atoms with Crippen molar-refractivity contribution in [2.75, 3.05) is 0 Å². The van der Waals surface area contributed by atoms with E-state index in [-0.39, 0.29) is 11.5 Å². The summed E-state index contributed by atoms with van der Waals surface area (Å²) in [5, 5.41) is 10.6. The summed E-state index contributed by atoms with van der Waals surface area (Å²) in [5.41, 5.74) is -0.148. The molecule has 1 aliphatic rings. The van der Waals surface area contributed by atoms with Gasteiger partial charge in [-0.15, -0.1) is 0 Å². The molecule has 1 aliphatic carbocycles. The number of nitrogens with zero attached hydrogens (tertiary/aromatic N) is 1. The maximum absolute atomic E-state index is 13.2. The molecule has 1 aromatic carbocycles. The molecule has 0 radical (unpaired) electrons. The van der Waals surface area contributed by atoms with E-state index in [0.717, 1.165) is 18.9 Å². The van der Waals surface area contributed by atoms with Crippen LogP contribution in [0.3, 0.4) is 0 Å². The molecule has 1 fully saturated rings. The molecule has 0 atom stereocenters.